The van der Waals surface area contributed by atoms with Crippen LogP contribution in [0.1, 0.15) is 0 Å². The molecule has 2 aromatic heterocycles. The summed E-state index contributed by atoms with van der Waals surface area (Å²) in [6.07, 6.45) is 1.93. The first kappa shape index (κ1) is 30.0. The zero-order valence-electron chi connectivity index (χ0n) is 28.6. The summed E-state index contributed by atoms with van der Waals surface area (Å²) in [5.41, 5.74) is 11.0. The van der Waals surface area contributed by atoms with Gasteiger partial charge in [0.2, 0.25) is 0 Å². The van der Waals surface area contributed by atoms with E-state index in [1.807, 2.05) is 17.5 Å². The van der Waals surface area contributed by atoms with Gasteiger partial charge in [0.15, 0.2) is 0 Å². The topological polar surface area (TPSA) is 25.8 Å². The predicted molar refractivity (Wildman–Crippen MR) is 227 cm³/mol. The Morgan fingerprint density at radius 3 is 1.55 bits per heavy atom. The molecule has 0 saturated carbocycles. The molecule has 0 spiro atoms. The van der Waals surface area contributed by atoms with Crippen molar-refractivity contribution in [1.29, 1.82) is 0 Å². The van der Waals surface area contributed by atoms with E-state index in [2.05, 4.69) is 176 Å². The van der Waals surface area contributed by atoms with Gasteiger partial charge < -0.3 is 0 Å². The molecule has 0 N–H and O–H groups in total. The highest BCUT2D eigenvalue weighted by Gasteiger charge is 2.14. The minimum absolute atomic E-state index is 0.867. The fourth-order valence-electron chi connectivity index (χ4n) is 8.19. The molecule has 53 heavy (non-hydrogen) atoms. The largest absolute Gasteiger partial charge is 0.252 e. The number of fused-ring (bicyclic) bond motifs is 10. The molecule has 0 atom stereocenters. The molecule has 0 unspecified atom stereocenters. The minimum atomic E-state index is 0.867. The van der Waals surface area contributed by atoms with Gasteiger partial charge in [-0.2, -0.15) is 0 Å². The Hall–Kier alpha value is -6.68. The summed E-state index contributed by atoms with van der Waals surface area (Å²) in [7, 11) is 0. The molecule has 2 nitrogen and oxygen atoms in total. The van der Waals surface area contributed by atoms with Crippen molar-refractivity contribution in [2.24, 2.45) is 0 Å². The Balaban J connectivity index is 1.00. The van der Waals surface area contributed by atoms with Crippen LogP contribution in [0.5, 0.6) is 0 Å². The first-order chi connectivity index (χ1) is 26.3. The standard InChI is InChI=1S/C50H30N2S/c1-3-18-43-40(15-1)41-16-2-4-19-44(41)50-49(43)51-30-46(52-50)35-14-8-13-34(28-35)37-21-10-22-38-36(20-9-23-39(37)38)33-12-7-11-31(27-33)32-25-26-48-45(29-32)42-17-5-6-24-47(42)53-48/h1-30H. The maximum atomic E-state index is 5.27. The summed E-state index contributed by atoms with van der Waals surface area (Å²) >= 11 is 1.86. The number of thiophene rings is 1. The fraction of sp³-hybridized carbons (Fsp3) is 0. The van der Waals surface area contributed by atoms with E-state index >= 15 is 0 Å². The lowest BCUT2D eigenvalue weighted by molar-refractivity contribution is 1.31. The van der Waals surface area contributed by atoms with Gasteiger partial charge in [0, 0.05) is 36.5 Å². The van der Waals surface area contributed by atoms with E-state index in [0.29, 0.717) is 0 Å². The van der Waals surface area contributed by atoms with Crippen LogP contribution in [0, 0.1) is 0 Å². The summed E-state index contributed by atoms with van der Waals surface area (Å²) in [6.45, 7) is 0. The average Bonchev–Trinajstić information content (AvgIpc) is 3.61. The van der Waals surface area contributed by atoms with Crippen LogP contribution in [-0.4, -0.2) is 9.97 Å². The summed E-state index contributed by atoms with van der Waals surface area (Å²) in [5, 5.41) is 9.76. The van der Waals surface area contributed by atoms with Crippen molar-refractivity contribution in [2.75, 3.05) is 0 Å². The lowest BCUT2D eigenvalue weighted by Gasteiger charge is -2.14. The Morgan fingerprint density at radius 1 is 0.321 bits per heavy atom. The van der Waals surface area contributed by atoms with Crippen LogP contribution >= 0.6 is 11.3 Å². The van der Waals surface area contributed by atoms with Crippen LogP contribution in [0.2, 0.25) is 0 Å². The van der Waals surface area contributed by atoms with E-state index in [0.717, 1.165) is 38.6 Å². The van der Waals surface area contributed by atoms with Gasteiger partial charge in [0.05, 0.1) is 22.9 Å². The number of aromatic nitrogens is 2. The highest BCUT2D eigenvalue weighted by molar-refractivity contribution is 7.25. The average molecular weight is 691 g/mol. The van der Waals surface area contributed by atoms with Crippen molar-refractivity contribution in [3.05, 3.63) is 182 Å². The van der Waals surface area contributed by atoms with Crippen molar-refractivity contribution < 1.29 is 0 Å². The second-order valence-corrected chi connectivity index (χ2v) is 14.8. The van der Waals surface area contributed by atoms with Crippen LogP contribution in [0.3, 0.4) is 0 Å². The SMILES string of the molecule is c1cc(-c2ccc3sc4ccccc4c3c2)cc(-c2cccc3c(-c4cccc(-c5cnc6c7ccccc7c7ccccc7c6n5)c4)cccc23)c1. The van der Waals surface area contributed by atoms with Crippen LogP contribution < -0.4 is 0 Å². The molecule has 0 bridgehead atoms. The molecule has 11 aromatic rings. The number of rotatable bonds is 4. The smallest absolute Gasteiger partial charge is 0.0979 e. The first-order valence-corrected chi connectivity index (χ1v) is 18.8. The van der Waals surface area contributed by atoms with E-state index in [9.17, 15) is 0 Å². The molecule has 0 aliphatic carbocycles. The molecule has 11 rings (SSSR count). The Kier molecular flexibility index (Phi) is 6.76. The lowest BCUT2D eigenvalue weighted by Crippen LogP contribution is -1.92. The third kappa shape index (κ3) is 4.86. The third-order valence-corrected chi connectivity index (χ3v) is 11.9. The van der Waals surface area contributed by atoms with Gasteiger partial charge in [-0.05, 0) is 85.3 Å². The van der Waals surface area contributed by atoms with Crippen LogP contribution in [-0.2, 0) is 0 Å². The second kappa shape index (κ2) is 11.9. The van der Waals surface area contributed by atoms with Gasteiger partial charge in [-0.25, -0.2) is 4.98 Å². The molecule has 0 aliphatic heterocycles. The lowest BCUT2D eigenvalue weighted by atomic mass is 9.91. The maximum Gasteiger partial charge on any atom is 0.0979 e. The maximum absolute atomic E-state index is 5.27. The van der Waals surface area contributed by atoms with Gasteiger partial charge >= 0.3 is 0 Å². The summed E-state index contributed by atoms with van der Waals surface area (Å²) in [4.78, 5) is 10.3. The van der Waals surface area contributed by atoms with E-state index in [1.165, 1.54) is 69.5 Å². The monoisotopic (exact) mass is 690 g/mol. The summed E-state index contributed by atoms with van der Waals surface area (Å²) in [6, 6.07) is 63.6. The number of hydrogen-bond donors (Lipinski definition) is 0. The predicted octanol–water partition coefficient (Wildman–Crippen LogP) is 14.1. The van der Waals surface area contributed by atoms with Crippen molar-refractivity contribution in [2.45, 2.75) is 0 Å². The van der Waals surface area contributed by atoms with Crippen molar-refractivity contribution in [1.82, 2.24) is 9.97 Å². The molecule has 0 radical (unpaired) electrons. The molecule has 0 aliphatic rings. The Bertz CT molecular complexity index is 3210. The van der Waals surface area contributed by atoms with Crippen molar-refractivity contribution in [3.63, 3.8) is 0 Å². The minimum Gasteiger partial charge on any atom is -0.252 e. The van der Waals surface area contributed by atoms with Crippen molar-refractivity contribution >= 4 is 74.9 Å². The van der Waals surface area contributed by atoms with E-state index in [4.69, 9.17) is 9.97 Å². The first-order valence-electron chi connectivity index (χ1n) is 18.0. The van der Waals surface area contributed by atoms with Crippen LogP contribution in [0.15, 0.2) is 182 Å². The quantitative estimate of drug-likeness (QED) is 0.172. The van der Waals surface area contributed by atoms with Gasteiger partial charge in [-0.15, -0.1) is 11.3 Å². The van der Waals surface area contributed by atoms with Gasteiger partial charge in [0.25, 0.3) is 0 Å². The molecule has 9 aromatic carbocycles. The number of benzene rings is 9. The zero-order valence-corrected chi connectivity index (χ0v) is 29.4. The molecule has 0 saturated heterocycles. The molecule has 246 valence electrons. The zero-order chi connectivity index (χ0) is 34.9. The summed E-state index contributed by atoms with van der Waals surface area (Å²) in [5.74, 6) is 0. The van der Waals surface area contributed by atoms with E-state index in [-0.39, 0.29) is 0 Å². The molecular formula is C50H30N2S. The second-order valence-electron chi connectivity index (χ2n) is 13.7. The van der Waals surface area contributed by atoms with Gasteiger partial charge in [-0.3, -0.25) is 4.98 Å². The highest BCUT2D eigenvalue weighted by Crippen LogP contribution is 2.40. The van der Waals surface area contributed by atoms with Crippen molar-refractivity contribution in [3.8, 4) is 44.6 Å². The molecule has 2 heterocycles. The Morgan fingerprint density at radius 2 is 0.830 bits per heavy atom. The van der Waals surface area contributed by atoms with E-state index < -0.39 is 0 Å². The van der Waals surface area contributed by atoms with Crippen LogP contribution in [0.4, 0.5) is 0 Å². The molecule has 0 amide bonds. The summed E-state index contributed by atoms with van der Waals surface area (Å²) < 4.78 is 2.66. The van der Waals surface area contributed by atoms with Crippen LogP contribution in [0.25, 0.3) is 108 Å². The number of hydrogen-bond acceptors (Lipinski definition) is 3. The molecule has 0 fully saturated rings. The van der Waals surface area contributed by atoms with E-state index in [1.54, 1.807) is 0 Å². The number of nitrogens with zero attached hydrogens (tertiary/aromatic N) is 2. The van der Waals surface area contributed by atoms with Gasteiger partial charge in [0.1, 0.15) is 0 Å². The molecular weight excluding hydrogens is 661 g/mol. The van der Waals surface area contributed by atoms with Gasteiger partial charge in [-0.1, -0.05) is 146 Å². The highest BCUT2D eigenvalue weighted by atomic mass is 32.1. The normalized spacial score (nSPS) is 11.8. The molecule has 3 heteroatoms. The Labute approximate surface area is 310 Å². The third-order valence-electron chi connectivity index (χ3n) is 10.7. The fourth-order valence-corrected chi connectivity index (χ4v) is 9.28.